The van der Waals surface area contributed by atoms with Crippen LogP contribution in [0.15, 0.2) is 34.5 Å². The van der Waals surface area contributed by atoms with E-state index in [2.05, 4.69) is 18.0 Å². The summed E-state index contributed by atoms with van der Waals surface area (Å²) in [5.74, 6) is 0. The molecule has 0 aliphatic heterocycles. The van der Waals surface area contributed by atoms with E-state index in [0.29, 0.717) is 6.54 Å². The smallest absolute Gasteiger partial charge is 0.263 e. The maximum absolute atomic E-state index is 12.8. The number of hydrogen-bond acceptors (Lipinski definition) is 5. The molecule has 3 aromatic rings. The molecule has 0 aliphatic carbocycles. The minimum Gasteiger partial charge on any atom is -0.287 e. The van der Waals surface area contributed by atoms with Crippen molar-refractivity contribution in [3.63, 3.8) is 0 Å². The number of rotatable bonds is 4. The fourth-order valence-corrected chi connectivity index (χ4v) is 4.67. The Bertz CT molecular complexity index is 900. The summed E-state index contributed by atoms with van der Waals surface area (Å²) in [6.07, 6.45) is 3.63. The third-order valence-electron chi connectivity index (χ3n) is 4.01. The molecule has 0 aliphatic rings. The molecule has 0 aromatic carbocycles. The highest BCUT2D eigenvalue weighted by Gasteiger charge is 2.18. The van der Waals surface area contributed by atoms with Crippen LogP contribution >= 0.6 is 23.1 Å². The fourth-order valence-electron chi connectivity index (χ4n) is 2.52. The first kappa shape index (κ1) is 16.2. The molecule has 0 unspecified atom stereocenters. The SMILES string of the molecule is CCn1c(S[C@H](C)c2cccnc2)nc2sc(C)c(C)c2c1=O. The molecule has 3 aromatic heterocycles. The van der Waals surface area contributed by atoms with Gasteiger partial charge < -0.3 is 0 Å². The Morgan fingerprint density at radius 3 is 2.83 bits per heavy atom. The van der Waals surface area contributed by atoms with Crippen LogP contribution < -0.4 is 5.56 Å². The van der Waals surface area contributed by atoms with Gasteiger partial charge in [-0.15, -0.1) is 11.3 Å². The van der Waals surface area contributed by atoms with Crippen LogP contribution in [0.1, 0.15) is 35.1 Å². The molecule has 0 spiro atoms. The van der Waals surface area contributed by atoms with Crippen LogP contribution in [0.4, 0.5) is 0 Å². The van der Waals surface area contributed by atoms with Crippen LogP contribution in [-0.2, 0) is 6.54 Å². The minimum atomic E-state index is 0.0697. The molecule has 0 saturated carbocycles. The Morgan fingerprint density at radius 2 is 2.17 bits per heavy atom. The zero-order valence-electron chi connectivity index (χ0n) is 13.7. The fraction of sp³-hybridized carbons (Fsp3) is 0.353. The van der Waals surface area contributed by atoms with Crippen LogP contribution in [0.3, 0.4) is 0 Å². The van der Waals surface area contributed by atoms with Crippen LogP contribution in [0.25, 0.3) is 10.2 Å². The van der Waals surface area contributed by atoms with E-state index >= 15 is 0 Å². The Balaban J connectivity index is 2.09. The largest absolute Gasteiger partial charge is 0.287 e. The number of nitrogens with zero attached hydrogens (tertiary/aromatic N) is 3. The van der Waals surface area contributed by atoms with Gasteiger partial charge in [0.15, 0.2) is 5.16 Å². The number of pyridine rings is 1. The summed E-state index contributed by atoms with van der Waals surface area (Å²) in [5, 5.41) is 1.74. The average Bonchev–Trinajstić information content (AvgIpc) is 2.83. The van der Waals surface area contributed by atoms with Gasteiger partial charge in [-0.25, -0.2) is 4.98 Å². The first-order valence-corrected chi connectivity index (χ1v) is 9.29. The van der Waals surface area contributed by atoms with Crippen molar-refractivity contribution in [1.29, 1.82) is 0 Å². The van der Waals surface area contributed by atoms with Gasteiger partial charge in [0.25, 0.3) is 5.56 Å². The van der Waals surface area contributed by atoms with Crippen LogP contribution in [0.5, 0.6) is 0 Å². The van der Waals surface area contributed by atoms with Gasteiger partial charge in [0.1, 0.15) is 4.83 Å². The van der Waals surface area contributed by atoms with Crippen molar-refractivity contribution in [3.8, 4) is 0 Å². The molecule has 0 amide bonds. The van der Waals surface area contributed by atoms with Crippen LogP contribution in [-0.4, -0.2) is 14.5 Å². The normalized spacial score (nSPS) is 12.7. The molecular weight excluding hydrogens is 326 g/mol. The van der Waals surface area contributed by atoms with E-state index in [1.165, 1.54) is 0 Å². The van der Waals surface area contributed by atoms with Gasteiger partial charge in [-0.1, -0.05) is 17.8 Å². The number of thioether (sulfide) groups is 1. The molecule has 0 radical (unpaired) electrons. The summed E-state index contributed by atoms with van der Waals surface area (Å²) in [6.45, 7) is 8.77. The van der Waals surface area contributed by atoms with Gasteiger partial charge in [0, 0.05) is 29.1 Å². The lowest BCUT2D eigenvalue weighted by molar-refractivity contribution is 0.634. The zero-order chi connectivity index (χ0) is 16.6. The number of aromatic nitrogens is 3. The number of thiophene rings is 1. The lowest BCUT2D eigenvalue weighted by Gasteiger charge is -2.14. The molecule has 1 atom stereocenters. The third kappa shape index (κ3) is 2.93. The first-order valence-electron chi connectivity index (χ1n) is 7.60. The lowest BCUT2D eigenvalue weighted by Crippen LogP contribution is -2.22. The van der Waals surface area contributed by atoms with Crippen molar-refractivity contribution >= 4 is 33.3 Å². The van der Waals surface area contributed by atoms with Crippen molar-refractivity contribution in [3.05, 3.63) is 50.9 Å². The van der Waals surface area contributed by atoms with Gasteiger partial charge in [-0.05, 0) is 44.9 Å². The highest BCUT2D eigenvalue weighted by Crippen LogP contribution is 2.35. The summed E-state index contributed by atoms with van der Waals surface area (Å²) in [7, 11) is 0. The molecule has 0 saturated heterocycles. The monoisotopic (exact) mass is 345 g/mol. The predicted molar refractivity (Wildman–Crippen MR) is 97.5 cm³/mol. The minimum absolute atomic E-state index is 0.0697. The molecule has 0 N–H and O–H groups in total. The molecule has 23 heavy (non-hydrogen) atoms. The highest BCUT2D eigenvalue weighted by molar-refractivity contribution is 7.99. The summed E-state index contributed by atoms with van der Waals surface area (Å²) in [5.41, 5.74) is 2.26. The molecule has 3 heterocycles. The zero-order valence-corrected chi connectivity index (χ0v) is 15.3. The highest BCUT2D eigenvalue weighted by atomic mass is 32.2. The van der Waals surface area contributed by atoms with Crippen molar-refractivity contribution in [2.45, 2.75) is 44.6 Å². The van der Waals surface area contributed by atoms with E-state index < -0.39 is 0 Å². The van der Waals surface area contributed by atoms with Crippen molar-refractivity contribution < 1.29 is 0 Å². The maximum atomic E-state index is 12.8. The lowest BCUT2D eigenvalue weighted by atomic mass is 10.2. The van der Waals surface area contributed by atoms with Gasteiger partial charge in [0.05, 0.1) is 5.39 Å². The summed E-state index contributed by atoms with van der Waals surface area (Å²) >= 11 is 3.21. The number of aryl methyl sites for hydroxylation is 2. The predicted octanol–water partition coefficient (Wildman–Crippen LogP) is 4.34. The van der Waals surface area contributed by atoms with E-state index in [9.17, 15) is 4.79 Å². The quantitative estimate of drug-likeness (QED) is 0.521. The van der Waals surface area contributed by atoms with Gasteiger partial charge in [-0.3, -0.25) is 14.3 Å². The van der Waals surface area contributed by atoms with E-state index in [1.54, 1.807) is 33.9 Å². The summed E-state index contributed by atoms with van der Waals surface area (Å²) in [6, 6.07) is 3.99. The van der Waals surface area contributed by atoms with Crippen molar-refractivity contribution in [2.24, 2.45) is 0 Å². The Morgan fingerprint density at radius 1 is 1.39 bits per heavy atom. The van der Waals surface area contributed by atoms with E-state index in [1.807, 2.05) is 33.0 Å². The Kier molecular flexibility index (Phi) is 4.55. The Labute approximate surface area is 143 Å². The standard InChI is InChI=1S/C17H19N3OS2/c1-5-20-16(21)14-10(2)11(3)22-15(14)19-17(20)23-12(4)13-7-6-8-18-9-13/h6-9,12H,5H2,1-4H3/t12-/m1/s1. The molecule has 120 valence electrons. The second-order valence-corrected chi connectivity index (χ2v) is 7.96. The molecule has 6 heteroatoms. The van der Waals surface area contributed by atoms with E-state index in [0.717, 1.165) is 31.4 Å². The topological polar surface area (TPSA) is 47.8 Å². The van der Waals surface area contributed by atoms with Gasteiger partial charge >= 0.3 is 0 Å². The third-order valence-corrected chi connectivity index (χ3v) is 6.26. The first-order chi connectivity index (χ1) is 11.0. The molecule has 0 fully saturated rings. The molecular formula is C17H19N3OS2. The van der Waals surface area contributed by atoms with Crippen LogP contribution in [0.2, 0.25) is 0 Å². The van der Waals surface area contributed by atoms with Gasteiger partial charge in [-0.2, -0.15) is 0 Å². The second kappa shape index (κ2) is 6.45. The van der Waals surface area contributed by atoms with Crippen molar-refractivity contribution in [1.82, 2.24) is 14.5 Å². The van der Waals surface area contributed by atoms with E-state index in [4.69, 9.17) is 4.98 Å². The van der Waals surface area contributed by atoms with E-state index in [-0.39, 0.29) is 10.8 Å². The van der Waals surface area contributed by atoms with Crippen LogP contribution in [0, 0.1) is 13.8 Å². The number of fused-ring (bicyclic) bond motifs is 1. The summed E-state index contributed by atoms with van der Waals surface area (Å²) < 4.78 is 1.78. The second-order valence-electron chi connectivity index (χ2n) is 5.45. The van der Waals surface area contributed by atoms with Gasteiger partial charge in [0.2, 0.25) is 0 Å². The Hall–Kier alpha value is -1.66. The molecule has 0 bridgehead atoms. The average molecular weight is 345 g/mol. The molecule has 4 nitrogen and oxygen atoms in total. The summed E-state index contributed by atoms with van der Waals surface area (Å²) in [4.78, 5) is 23.8. The molecule has 3 rings (SSSR count). The maximum Gasteiger partial charge on any atom is 0.263 e. The van der Waals surface area contributed by atoms with Crippen molar-refractivity contribution in [2.75, 3.05) is 0 Å². The number of hydrogen-bond donors (Lipinski definition) is 0.